The van der Waals surface area contributed by atoms with Gasteiger partial charge in [0.25, 0.3) is 0 Å². The Morgan fingerprint density at radius 1 is 1.05 bits per heavy atom. The number of para-hydroxylation sites is 1. The number of hydrogen-bond donors (Lipinski definition) is 0. The van der Waals surface area contributed by atoms with Crippen molar-refractivity contribution in [2.24, 2.45) is 0 Å². The van der Waals surface area contributed by atoms with Crippen LogP contribution in [0.2, 0.25) is 5.02 Å². The standard InChI is InChI=1S/C16H11ClO2/c1-10-13-7-2-3-8-14(13)19-16(18)15(10)11-5-4-6-12(17)9-11/h2-9H,1H3. The lowest BCUT2D eigenvalue weighted by Gasteiger charge is -2.07. The van der Waals surface area contributed by atoms with Crippen molar-refractivity contribution in [1.29, 1.82) is 0 Å². The molecule has 19 heavy (non-hydrogen) atoms. The third-order valence-electron chi connectivity index (χ3n) is 3.19. The van der Waals surface area contributed by atoms with Crippen LogP contribution in [-0.2, 0) is 0 Å². The summed E-state index contributed by atoms with van der Waals surface area (Å²) in [6, 6.07) is 14.8. The van der Waals surface area contributed by atoms with Gasteiger partial charge >= 0.3 is 5.63 Å². The van der Waals surface area contributed by atoms with E-state index in [1.54, 1.807) is 18.2 Å². The van der Waals surface area contributed by atoms with Crippen LogP contribution in [0.5, 0.6) is 0 Å². The number of aryl methyl sites for hydroxylation is 1. The van der Waals surface area contributed by atoms with Gasteiger partial charge in [-0.05, 0) is 36.2 Å². The summed E-state index contributed by atoms with van der Waals surface area (Å²) in [6.45, 7) is 1.93. The molecule has 0 spiro atoms. The molecule has 0 radical (unpaired) electrons. The molecule has 3 aromatic rings. The Morgan fingerprint density at radius 2 is 1.84 bits per heavy atom. The average molecular weight is 271 g/mol. The van der Waals surface area contributed by atoms with E-state index in [4.69, 9.17) is 16.0 Å². The Balaban J connectivity index is 2.39. The normalized spacial score (nSPS) is 10.8. The van der Waals surface area contributed by atoms with Crippen LogP contribution in [0.4, 0.5) is 0 Å². The van der Waals surface area contributed by atoms with E-state index in [1.807, 2.05) is 37.3 Å². The van der Waals surface area contributed by atoms with Gasteiger partial charge < -0.3 is 4.42 Å². The highest BCUT2D eigenvalue weighted by Gasteiger charge is 2.12. The molecule has 2 aromatic carbocycles. The van der Waals surface area contributed by atoms with Crippen LogP contribution in [0.1, 0.15) is 5.56 Å². The van der Waals surface area contributed by atoms with Crippen molar-refractivity contribution < 1.29 is 4.42 Å². The summed E-state index contributed by atoms with van der Waals surface area (Å²) in [4.78, 5) is 12.2. The first-order chi connectivity index (χ1) is 9.16. The first-order valence-electron chi connectivity index (χ1n) is 5.95. The molecule has 0 N–H and O–H groups in total. The lowest BCUT2D eigenvalue weighted by molar-refractivity contribution is 0.562. The van der Waals surface area contributed by atoms with Gasteiger partial charge in [0, 0.05) is 10.4 Å². The lowest BCUT2D eigenvalue weighted by atomic mass is 10.00. The molecule has 94 valence electrons. The maximum absolute atomic E-state index is 12.2. The number of rotatable bonds is 1. The zero-order chi connectivity index (χ0) is 13.4. The second-order valence-electron chi connectivity index (χ2n) is 4.40. The molecule has 0 saturated carbocycles. The zero-order valence-electron chi connectivity index (χ0n) is 10.3. The molecular weight excluding hydrogens is 260 g/mol. The van der Waals surface area contributed by atoms with E-state index in [1.165, 1.54) is 0 Å². The molecule has 1 aromatic heterocycles. The Kier molecular flexibility index (Phi) is 2.88. The predicted molar refractivity (Wildman–Crippen MR) is 77.7 cm³/mol. The first-order valence-corrected chi connectivity index (χ1v) is 6.33. The van der Waals surface area contributed by atoms with Crippen molar-refractivity contribution in [2.45, 2.75) is 6.92 Å². The molecule has 0 fully saturated rings. The molecule has 0 atom stereocenters. The quantitative estimate of drug-likeness (QED) is 0.613. The van der Waals surface area contributed by atoms with E-state index in [-0.39, 0.29) is 5.63 Å². The molecule has 0 unspecified atom stereocenters. The largest absolute Gasteiger partial charge is 0.422 e. The number of hydrogen-bond acceptors (Lipinski definition) is 2. The minimum atomic E-state index is -0.335. The van der Waals surface area contributed by atoms with Crippen LogP contribution in [0, 0.1) is 6.92 Å². The molecular formula is C16H11ClO2. The fourth-order valence-corrected chi connectivity index (χ4v) is 2.47. The third kappa shape index (κ3) is 2.04. The van der Waals surface area contributed by atoms with Crippen LogP contribution < -0.4 is 5.63 Å². The van der Waals surface area contributed by atoms with Crippen LogP contribution in [0.3, 0.4) is 0 Å². The third-order valence-corrected chi connectivity index (χ3v) is 3.42. The topological polar surface area (TPSA) is 30.2 Å². The van der Waals surface area contributed by atoms with Gasteiger partial charge in [-0.3, -0.25) is 0 Å². The second kappa shape index (κ2) is 4.56. The van der Waals surface area contributed by atoms with Crippen molar-refractivity contribution in [2.75, 3.05) is 0 Å². The number of benzene rings is 2. The lowest BCUT2D eigenvalue weighted by Crippen LogP contribution is -2.05. The monoisotopic (exact) mass is 270 g/mol. The summed E-state index contributed by atoms with van der Waals surface area (Å²) in [6.07, 6.45) is 0. The Bertz CT molecular complexity index is 818. The highest BCUT2D eigenvalue weighted by molar-refractivity contribution is 6.30. The van der Waals surface area contributed by atoms with Gasteiger partial charge in [0.2, 0.25) is 0 Å². The molecule has 2 nitrogen and oxygen atoms in total. The van der Waals surface area contributed by atoms with E-state index in [0.717, 1.165) is 16.5 Å². The highest BCUT2D eigenvalue weighted by atomic mass is 35.5. The molecule has 0 saturated heterocycles. The summed E-state index contributed by atoms with van der Waals surface area (Å²) in [5.74, 6) is 0. The van der Waals surface area contributed by atoms with Crippen molar-refractivity contribution in [3.63, 3.8) is 0 Å². The fraction of sp³-hybridized carbons (Fsp3) is 0.0625. The minimum Gasteiger partial charge on any atom is -0.422 e. The predicted octanol–water partition coefficient (Wildman–Crippen LogP) is 4.42. The van der Waals surface area contributed by atoms with Crippen LogP contribution in [0.25, 0.3) is 22.1 Å². The average Bonchev–Trinajstić information content (AvgIpc) is 2.39. The van der Waals surface area contributed by atoms with Crippen molar-refractivity contribution in [3.05, 3.63) is 69.5 Å². The zero-order valence-corrected chi connectivity index (χ0v) is 11.1. The number of fused-ring (bicyclic) bond motifs is 1. The molecule has 3 heteroatoms. The Labute approximate surface area is 115 Å². The molecule has 0 amide bonds. The maximum atomic E-state index is 12.2. The summed E-state index contributed by atoms with van der Waals surface area (Å²) in [7, 11) is 0. The Morgan fingerprint density at radius 3 is 2.63 bits per heavy atom. The van der Waals surface area contributed by atoms with Gasteiger partial charge in [0.05, 0.1) is 5.56 Å². The van der Waals surface area contributed by atoms with Gasteiger partial charge in [-0.1, -0.05) is 41.9 Å². The van der Waals surface area contributed by atoms with E-state index >= 15 is 0 Å². The van der Waals surface area contributed by atoms with Gasteiger partial charge in [-0.2, -0.15) is 0 Å². The van der Waals surface area contributed by atoms with E-state index in [0.29, 0.717) is 16.2 Å². The molecule has 0 bridgehead atoms. The second-order valence-corrected chi connectivity index (χ2v) is 4.83. The van der Waals surface area contributed by atoms with Crippen LogP contribution in [0.15, 0.2) is 57.7 Å². The smallest absolute Gasteiger partial charge is 0.344 e. The van der Waals surface area contributed by atoms with Gasteiger partial charge in [-0.15, -0.1) is 0 Å². The summed E-state index contributed by atoms with van der Waals surface area (Å²) in [5.41, 5.74) is 2.54. The van der Waals surface area contributed by atoms with Crippen LogP contribution in [-0.4, -0.2) is 0 Å². The summed E-state index contributed by atoms with van der Waals surface area (Å²) >= 11 is 5.99. The van der Waals surface area contributed by atoms with Crippen molar-refractivity contribution in [3.8, 4) is 11.1 Å². The summed E-state index contributed by atoms with van der Waals surface area (Å²) in [5, 5.41) is 1.54. The van der Waals surface area contributed by atoms with Gasteiger partial charge in [0.1, 0.15) is 5.58 Å². The minimum absolute atomic E-state index is 0.335. The Hall–Kier alpha value is -2.06. The summed E-state index contributed by atoms with van der Waals surface area (Å²) < 4.78 is 5.37. The van der Waals surface area contributed by atoms with Crippen LogP contribution >= 0.6 is 11.6 Å². The van der Waals surface area contributed by atoms with Crippen molar-refractivity contribution in [1.82, 2.24) is 0 Å². The van der Waals surface area contributed by atoms with E-state index in [9.17, 15) is 4.79 Å². The molecule has 1 heterocycles. The fourth-order valence-electron chi connectivity index (χ4n) is 2.28. The molecule has 0 aliphatic rings. The molecule has 3 rings (SSSR count). The van der Waals surface area contributed by atoms with E-state index < -0.39 is 0 Å². The maximum Gasteiger partial charge on any atom is 0.344 e. The van der Waals surface area contributed by atoms with Crippen molar-refractivity contribution >= 4 is 22.6 Å². The molecule has 0 aliphatic heterocycles. The SMILES string of the molecule is Cc1c(-c2cccc(Cl)c2)c(=O)oc2ccccc12. The highest BCUT2D eigenvalue weighted by Crippen LogP contribution is 2.27. The van der Waals surface area contributed by atoms with Gasteiger partial charge in [0.15, 0.2) is 0 Å². The first kappa shape index (κ1) is 12.0. The molecule has 0 aliphatic carbocycles. The van der Waals surface area contributed by atoms with E-state index in [2.05, 4.69) is 0 Å². The van der Waals surface area contributed by atoms with Gasteiger partial charge in [-0.25, -0.2) is 4.79 Å². The number of halogens is 1.